The molecule has 96 valence electrons. The molecule has 0 aromatic carbocycles. The summed E-state index contributed by atoms with van der Waals surface area (Å²) in [6.45, 7) is 7.28. The van der Waals surface area contributed by atoms with E-state index in [4.69, 9.17) is 0 Å². The molecule has 0 saturated carbocycles. The molecule has 1 aromatic heterocycles. The summed E-state index contributed by atoms with van der Waals surface area (Å²) < 4.78 is 0.913. The number of halogens is 1. The van der Waals surface area contributed by atoms with Crippen LogP contribution in [0.25, 0.3) is 0 Å². The highest BCUT2D eigenvalue weighted by molar-refractivity contribution is 9.10. The maximum absolute atomic E-state index is 4.28. The third-order valence-corrected chi connectivity index (χ3v) is 3.36. The highest BCUT2D eigenvalue weighted by Gasteiger charge is 2.11. The largest absolute Gasteiger partial charge is 0.369 e. The molecule has 0 aliphatic rings. The summed E-state index contributed by atoms with van der Waals surface area (Å²) >= 11 is 3.54. The second-order valence-corrected chi connectivity index (χ2v) is 4.75. The van der Waals surface area contributed by atoms with Crippen LogP contribution in [0.3, 0.4) is 0 Å². The lowest BCUT2D eigenvalue weighted by molar-refractivity contribution is 0.620. The number of rotatable bonds is 7. The second-order valence-electron chi connectivity index (χ2n) is 3.95. The van der Waals surface area contributed by atoms with Crippen LogP contribution < -0.4 is 10.6 Å². The number of anilines is 2. The molecule has 0 amide bonds. The van der Waals surface area contributed by atoms with Crippen molar-refractivity contribution in [2.45, 2.75) is 46.1 Å². The Labute approximate surface area is 112 Å². The van der Waals surface area contributed by atoms with Crippen molar-refractivity contribution in [3.8, 4) is 0 Å². The number of nitrogens with zero attached hydrogens (tertiary/aromatic N) is 2. The number of nitrogens with one attached hydrogen (secondary N) is 2. The number of hydrogen-bond donors (Lipinski definition) is 2. The van der Waals surface area contributed by atoms with Gasteiger partial charge in [-0.3, -0.25) is 0 Å². The summed E-state index contributed by atoms with van der Waals surface area (Å²) in [7, 11) is 0. The smallest absolute Gasteiger partial charge is 0.146 e. The Morgan fingerprint density at radius 2 is 1.94 bits per heavy atom. The Kier molecular flexibility index (Phi) is 6.26. The lowest BCUT2D eigenvalue weighted by atomic mass is 10.1. The van der Waals surface area contributed by atoms with Crippen LogP contribution in [-0.4, -0.2) is 22.6 Å². The van der Waals surface area contributed by atoms with Crippen LogP contribution in [0.4, 0.5) is 11.6 Å². The van der Waals surface area contributed by atoms with Crippen LogP contribution in [0.1, 0.15) is 40.0 Å². The van der Waals surface area contributed by atoms with Gasteiger partial charge in [-0.25, -0.2) is 9.97 Å². The van der Waals surface area contributed by atoms with E-state index in [1.807, 2.05) is 6.92 Å². The summed E-state index contributed by atoms with van der Waals surface area (Å²) in [6.07, 6.45) is 5.02. The first kappa shape index (κ1) is 14.2. The average molecular weight is 301 g/mol. The van der Waals surface area contributed by atoms with Gasteiger partial charge in [0, 0.05) is 12.6 Å². The van der Waals surface area contributed by atoms with Crippen molar-refractivity contribution < 1.29 is 0 Å². The topological polar surface area (TPSA) is 49.8 Å². The van der Waals surface area contributed by atoms with Crippen molar-refractivity contribution in [2.75, 3.05) is 17.2 Å². The fraction of sp³-hybridized carbons (Fsp3) is 0.667. The summed E-state index contributed by atoms with van der Waals surface area (Å²) in [5.41, 5.74) is 0. The molecule has 1 atom stereocenters. The number of hydrogen-bond acceptors (Lipinski definition) is 4. The standard InChI is InChI=1S/C12H21BrN4/c1-4-7-9(5-2)17-12-10(13)11(14-6-3)15-8-16-12/h8-9H,4-7H2,1-3H3,(H2,14,15,16,17). The van der Waals surface area contributed by atoms with Crippen molar-refractivity contribution >= 4 is 27.6 Å². The molecule has 0 fully saturated rings. The predicted octanol–water partition coefficient (Wildman–Crippen LogP) is 3.66. The molecule has 0 bridgehead atoms. The van der Waals surface area contributed by atoms with Crippen molar-refractivity contribution in [2.24, 2.45) is 0 Å². The van der Waals surface area contributed by atoms with Gasteiger partial charge >= 0.3 is 0 Å². The molecule has 0 aliphatic heterocycles. The van der Waals surface area contributed by atoms with Crippen molar-refractivity contribution in [1.29, 1.82) is 0 Å². The van der Waals surface area contributed by atoms with Gasteiger partial charge in [-0.15, -0.1) is 0 Å². The quantitative estimate of drug-likeness (QED) is 0.807. The molecule has 1 heterocycles. The Bertz CT molecular complexity index is 343. The van der Waals surface area contributed by atoms with E-state index in [1.165, 1.54) is 6.42 Å². The summed E-state index contributed by atoms with van der Waals surface area (Å²) in [5, 5.41) is 6.66. The van der Waals surface area contributed by atoms with Crippen LogP contribution in [0.5, 0.6) is 0 Å². The molecule has 5 heteroatoms. The van der Waals surface area contributed by atoms with Gasteiger partial charge < -0.3 is 10.6 Å². The third-order valence-electron chi connectivity index (χ3n) is 2.60. The first-order valence-corrected chi connectivity index (χ1v) is 7.03. The predicted molar refractivity (Wildman–Crippen MR) is 76.5 cm³/mol. The maximum atomic E-state index is 4.28. The van der Waals surface area contributed by atoms with Crippen LogP contribution >= 0.6 is 15.9 Å². The zero-order valence-corrected chi connectivity index (χ0v) is 12.3. The highest BCUT2D eigenvalue weighted by atomic mass is 79.9. The fourth-order valence-corrected chi connectivity index (χ4v) is 2.14. The Hall–Kier alpha value is -0.840. The monoisotopic (exact) mass is 300 g/mol. The fourth-order valence-electron chi connectivity index (χ4n) is 1.68. The van der Waals surface area contributed by atoms with Gasteiger partial charge in [0.2, 0.25) is 0 Å². The zero-order valence-electron chi connectivity index (χ0n) is 10.8. The minimum atomic E-state index is 0.473. The summed E-state index contributed by atoms with van der Waals surface area (Å²) in [6, 6.07) is 0.473. The number of aromatic nitrogens is 2. The van der Waals surface area contributed by atoms with Gasteiger partial charge in [0.25, 0.3) is 0 Å². The molecule has 4 nitrogen and oxygen atoms in total. The van der Waals surface area contributed by atoms with E-state index in [0.29, 0.717) is 6.04 Å². The van der Waals surface area contributed by atoms with Crippen LogP contribution in [0.2, 0.25) is 0 Å². The van der Waals surface area contributed by atoms with Crippen LogP contribution in [0, 0.1) is 0 Å². The van der Waals surface area contributed by atoms with Crippen LogP contribution in [-0.2, 0) is 0 Å². The molecular formula is C12H21BrN4. The van der Waals surface area contributed by atoms with Crippen molar-refractivity contribution in [3.05, 3.63) is 10.8 Å². The van der Waals surface area contributed by atoms with E-state index in [1.54, 1.807) is 6.33 Å². The minimum absolute atomic E-state index is 0.473. The highest BCUT2D eigenvalue weighted by Crippen LogP contribution is 2.27. The molecule has 1 unspecified atom stereocenters. The SMILES string of the molecule is CCCC(CC)Nc1ncnc(NCC)c1Br. The van der Waals surface area contributed by atoms with Gasteiger partial charge in [0.05, 0.1) is 0 Å². The van der Waals surface area contributed by atoms with E-state index in [0.717, 1.165) is 35.5 Å². The molecule has 0 saturated heterocycles. The molecule has 1 aromatic rings. The van der Waals surface area contributed by atoms with Gasteiger partial charge in [0.1, 0.15) is 22.4 Å². The van der Waals surface area contributed by atoms with E-state index in [-0.39, 0.29) is 0 Å². The molecule has 1 rings (SSSR count). The molecule has 17 heavy (non-hydrogen) atoms. The van der Waals surface area contributed by atoms with Crippen LogP contribution in [0.15, 0.2) is 10.8 Å². The van der Waals surface area contributed by atoms with Gasteiger partial charge in [0.15, 0.2) is 0 Å². The zero-order chi connectivity index (χ0) is 12.7. The first-order chi connectivity index (χ1) is 8.22. The second kappa shape index (κ2) is 7.48. The first-order valence-electron chi connectivity index (χ1n) is 6.23. The van der Waals surface area contributed by atoms with Gasteiger partial charge in [-0.1, -0.05) is 20.3 Å². The van der Waals surface area contributed by atoms with Crippen molar-refractivity contribution in [1.82, 2.24) is 9.97 Å². The Balaban J connectivity index is 2.79. The molecule has 2 N–H and O–H groups in total. The molecular weight excluding hydrogens is 280 g/mol. The minimum Gasteiger partial charge on any atom is -0.369 e. The molecule has 0 radical (unpaired) electrons. The summed E-state index contributed by atoms with van der Waals surface area (Å²) in [5.74, 6) is 1.72. The Morgan fingerprint density at radius 1 is 1.24 bits per heavy atom. The van der Waals surface area contributed by atoms with E-state index >= 15 is 0 Å². The average Bonchev–Trinajstić information content (AvgIpc) is 2.33. The molecule has 0 spiro atoms. The van der Waals surface area contributed by atoms with Crippen molar-refractivity contribution in [3.63, 3.8) is 0 Å². The van der Waals surface area contributed by atoms with Gasteiger partial charge in [-0.2, -0.15) is 0 Å². The Morgan fingerprint density at radius 3 is 2.53 bits per heavy atom. The lowest BCUT2D eigenvalue weighted by Gasteiger charge is -2.18. The third kappa shape index (κ3) is 4.15. The van der Waals surface area contributed by atoms with E-state index in [2.05, 4.69) is 50.4 Å². The van der Waals surface area contributed by atoms with E-state index in [9.17, 15) is 0 Å². The molecule has 0 aliphatic carbocycles. The van der Waals surface area contributed by atoms with Gasteiger partial charge in [-0.05, 0) is 35.7 Å². The summed E-state index contributed by atoms with van der Waals surface area (Å²) in [4.78, 5) is 8.48. The normalized spacial score (nSPS) is 12.2. The van der Waals surface area contributed by atoms with E-state index < -0.39 is 0 Å². The lowest BCUT2D eigenvalue weighted by Crippen LogP contribution is -2.19. The maximum Gasteiger partial charge on any atom is 0.146 e.